The highest BCUT2D eigenvalue weighted by molar-refractivity contribution is 6.31. The summed E-state index contributed by atoms with van der Waals surface area (Å²) in [5.74, 6) is -1.78. The fraction of sp³-hybridized carbons (Fsp3) is 0.250. The Morgan fingerprint density at radius 2 is 1.96 bits per heavy atom. The predicted octanol–water partition coefficient (Wildman–Crippen LogP) is 3.18. The number of hydrogen-bond donors (Lipinski definition) is 1. The molecule has 1 aliphatic rings. The van der Waals surface area contributed by atoms with Gasteiger partial charge in [-0.2, -0.15) is 0 Å². The van der Waals surface area contributed by atoms with E-state index >= 15 is 0 Å². The van der Waals surface area contributed by atoms with Crippen molar-refractivity contribution in [2.75, 3.05) is 23.4 Å². The van der Waals surface area contributed by atoms with E-state index in [-0.39, 0.29) is 18.9 Å². The lowest BCUT2D eigenvalue weighted by Crippen LogP contribution is -2.28. The number of anilines is 2. The number of carbonyl (C=O) groups excluding carboxylic acids is 3. The molecule has 0 bridgehead atoms. The molecular formula is C20H19ClN2O4. The van der Waals surface area contributed by atoms with Crippen molar-refractivity contribution in [2.24, 2.45) is 5.92 Å². The highest BCUT2D eigenvalue weighted by Gasteiger charge is 2.36. The van der Waals surface area contributed by atoms with Crippen LogP contribution in [0.1, 0.15) is 12.0 Å². The van der Waals surface area contributed by atoms with Crippen LogP contribution in [0.2, 0.25) is 5.02 Å². The molecule has 0 unspecified atom stereocenters. The van der Waals surface area contributed by atoms with Crippen LogP contribution in [0.3, 0.4) is 0 Å². The summed E-state index contributed by atoms with van der Waals surface area (Å²) in [4.78, 5) is 37.9. The highest BCUT2D eigenvalue weighted by Crippen LogP contribution is 2.29. The number of carbonyl (C=O) groups is 3. The standard InChI is InChI=1S/C20H19ClN2O4/c1-13-7-8-16(10-17(13)21)23-11-14(9-19(23)25)20(26)27-12-18(24)22-15-5-3-2-4-6-15/h2-8,10,14H,9,11-12H2,1H3,(H,22,24)/t14-/m1/s1. The van der Waals surface area contributed by atoms with Gasteiger partial charge in [0, 0.05) is 29.4 Å². The zero-order valence-corrected chi connectivity index (χ0v) is 15.5. The van der Waals surface area contributed by atoms with Gasteiger partial charge in [-0.05, 0) is 36.8 Å². The van der Waals surface area contributed by atoms with E-state index in [1.165, 1.54) is 4.90 Å². The van der Waals surface area contributed by atoms with Gasteiger partial charge in [0.25, 0.3) is 5.91 Å². The van der Waals surface area contributed by atoms with Crippen LogP contribution >= 0.6 is 11.6 Å². The quantitative estimate of drug-likeness (QED) is 0.801. The Hall–Kier alpha value is -2.86. The molecule has 0 radical (unpaired) electrons. The van der Waals surface area contributed by atoms with Crippen LogP contribution in [0.15, 0.2) is 48.5 Å². The zero-order chi connectivity index (χ0) is 19.4. The number of halogens is 1. The molecule has 1 heterocycles. The molecule has 2 aromatic carbocycles. The lowest BCUT2D eigenvalue weighted by molar-refractivity contribution is -0.151. The van der Waals surface area contributed by atoms with Crippen molar-refractivity contribution in [2.45, 2.75) is 13.3 Å². The average Bonchev–Trinajstić information content (AvgIpc) is 3.05. The number of benzene rings is 2. The molecule has 140 valence electrons. The summed E-state index contributed by atoms with van der Waals surface area (Å²) < 4.78 is 5.08. The maximum Gasteiger partial charge on any atom is 0.311 e. The van der Waals surface area contributed by atoms with Gasteiger partial charge in [0.1, 0.15) is 0 Å². The van der Waals surface area contributed by atoms with Crippen molar-refractivity contribution >= 4 is 40.8 Å². The number of nitrogens with zero attached hydrogens (tertiary/aromatic N) is 1. The predicted molar refractivity (Wildman–Crippen MR) is 103 cm³/mol. The van der Waals surface area contributed by atoms with Crippen LogP contribution in [0.25, 0.3) is 0 Å². The van der Waals surface area contributed by atoms with Gasteiger partial charge in [-0.1, -0.05) is 35.9 Å². The van der Waals surface area contributed by atoms with E-state index in [9.17, 15) is 14.4 Å². The topological polar surface area (TPSA) is 75.7 Å². The molecule has 0 aliphatic carbocycles. The smallest absolute Gasteiger partial charge is 0.311 e. The number of para-hydroxylation sites is 1. The Kier molecular flexibility index (Phi) is 5.76. The first kappa shape index (κ1) is 18.9. The molecule has 1 fully saturated rings. The summed E-state index contributed by atoms with van der Waals surface area (Å²) in [6.07, 6.45) is 0.0463. The van der Waals surface area contributed by atoms with Crippen LogP contribution in [0.4, 0.5) is 11.4 Å². The maximum atomic E-state index is 12.3. The Morgan fingerprint density at radius 1 is 1.22 bits per heavy atom. The molecule has 3 rings (SSSR count). The SMILES string of the molecule is Cc1ccc(N2C[C@H](C(=O)OCC(=O)Nc3ccccc3)CC2=O)cc1Cl. The van der Waals surface area contributed by atoms with E-state index in [0.717, 1.165) is 5.56 Å². The van der Waals surface area contributed by atoms with Crippen LogP contribution in [0.5, 0.6) is 0 Å². The molecular weight excluding hydrogens is 368 g/mol. The van der Waals surface area contributed by atoms with Crippen LogP contribution in [-0.4, -0.2) is 30.9 Å². The summed E-state index contributed by atoms with van der Waals surface area (Å²) in [5, 5.41) is 3.19. The fourth-order valence-corrected chi connectivity index (χ4v) is 3.01. The second kappa shape index (κ2) is 8.22. The number of amides is 2. The van der Waals surface area contributed by atoms with E-state index in [1.54, 1.807) is 36.4 Å². The Bertz CT molecular complexity index is 870. The lowest BCUT2D eigenvalue weighted by atomic mass is 10.1. The Balaban J connectivity index is 1.54. The van der Waals surface area contributed by atoms with Crippen molar-refractivity contribution in [3.05, 3.63) is 59.1 Å². The van der Waals surface area contributed by atoms with E-state index < -0.39 is 24.4 Å². The highest BCUT2D eigenvalue weighted by atomic mass is 35.5. The third-order valence-corrected chi connectivity index (χ3v) is 4.74. The summed E-state index contributed by atoms with van der Waals surface area (Å²) in [5.41, 5.74) is 2.18. The van der Waals surface area contributed by atoms with Crippen molar-refractivity contribution < 1.29 is 19.1 Å². The molecule has 1 N–H and O–H groups in total. The normalized spacial score (nSPS) is 16.3. The Labute approximate surface area is 162 Å². The van der Waals surface area contributed by atoms with Crippen LogP contribution < -0.4 is 10.2 Å². The second-order valence-electron chi connectivity index (χ2n) is 6.36. The summed E-state index contributed by atoms with van der Waals surface area (Å²) in [6.45, 7) is 1.69. The molecule has 1 saturated heterocycles. The van der Waals surface area contributed by atoms with Crippen LogP contribution in [-0.2, 0) is 19.1 Å². The van der Waals surface area contributed by atoms with E-state index in [1.807, 2.05) is 19.1 Å². The van der Waals surface area contributed by atoms with Gasteiger partial charge >= 0.3 is 5.97 Å². The first-order chi connectivity index (χ1) is 12.9. The van der Waals surface area contributed by atoms with E-state index in [4.69, 9.17) is 16.3 Å². The summed E-state index contributed by atoms with van der Waals surface area (Å²) >= 11 is 6.12. The number of hydrogen-bond acceptors (Lipinski definition) is 4. The van der Waals surface area contributed by atoms with Gasteiger partial charge in [-0.25, -0.2) is 0 Å². The summed E-state index contributed by atoms with van der Waals surface area (Å²) in [7, 11) is 0. The van der Waals surface area contributed by atoms with Crippen molar-refractivity contribution in [3.63, 3.8) is 0 Å². The van der Waals surface area contributed by atoms with Crippen molar-refractivity contribution in [3.8, 4) is 0 Å². The van der Waals surface area contributed by atoms with Gasteiger partial charge in [0.2, 0.25) is 5.91 Å². The number of rotatable bonds is 5. The molecule has 1 atom stereocenters. The van der Waals surface area contributed by atoms with Crippen molar-refractivity contribution in [1.82, 2.24) is 0 Å². The van der Waals surface area contributed by atoms with Gasteiger partial charge in [0.15, 0.2) is 6.61 Å². The molecule has 2 aromatic rings. The average molecular weight is 387 g/mol. The Morgan fingerprint density at radius 3 is 2.67 bits per heavy atom. The minimum Gasteiger partial charge on any atom is -0.455 e. The maximum absolute atomic E-state index is 12.3. The van der Waals surface area contributed by atoms with Gasteiger partial charge in [0.05, 0.1) is 5.92 Å². The number of aryl methyl sites for hydroxylation is 1. The third kappa shape index (κ3) is 4.65. The van der Waals surface area contributed by atoms with Crippen molar-refractivity contribution in [1.29, 1.82) is 0 Å². The largest absolute Gasteiger partial charge is 0.455 e. The van der Waals surface area contributed by atoms with E-state index in [2.05, 4.69) is 5.32 Å². The first-order valence-electron chi connectivity index (χ1n) is 8.52. The monoisotopic (exact) mass is 386 g/mol. The third-order valence-electron chi connectivity index (χ3n) is 4.33. The number of nitrogens with one attached hydrogen (secondary N) is 1. The molecule has 0 aromatic heterocycles. The van der Waals surface area contributed by atoms with Crippen LogP contribution in [0, 0.1) is 12.8 Å². The molecule has 0 saturated carbocycles. The molecule has 1 aliphatic heterocycles. The molecule has 0 spiro atoms. The zero-order valence-electron chi connectivity index (χ0n) is 14.8. The fourth-order valence-electron chi connectivity index (χ4n) is 2.84. The molecule has 2 amide bonds. The minimum absolute atomic E-state index is 0.0463. The van der Waals surface area contributed by atoms with Gasteiger partial charge < -0.3 is 15.0 Å². The molecule has 6 nitrogen and oxygen atoms in total. The number of ether oxygens (including phenoxy) is 1. The second-order valence-corrected chi connectivity index (χ2v) is 6.77. The number of esters is 1. The molecule has 7 heteroatoms. The first-order valence-corrected chi connectivity index (χ1v) is 8.90. The lowest BCUT2D eigenvalue weighted by Gasteiger charge is -2.17. The van der Waals surface area contributed by atoms with E-state index in [0.29, 0.717) is 16.4 Å². The molecule has 27 heavy (non-hydrogen) atoms. The van der Waals surface area contributed by atoms with Gasteiger partial charge in [-0.3, -0.25) is 14.4 Å². The van der Waals surface area contributed by atoms with Gasteiger partial charge in [-0.15, -0.1) is 0 Å². The summed E-state index contributed by atoms with van der Waals surface area (Å²) in [6, 6.07) is 14.2. The minimum atomic E-state index is -0.609.